The monoisotopic (exact) mass is 389 g/mol. The van der Waals surface area contributed by atoms with E-state index in [-0.39, 0.29) is 28.8 Å². The third-order valence-electron chi connectivity index (χ3n) is 8.37. The summed E-state index contributed by atoms with van der Waals surface area (Å²) in [6.45, 7) is 8.16. The smallest absolute Gasteiger partial charge is 0.310 e. The average Bonchev–Trinajstić information content (AvgIpc) is 2.72. The molecule has 0 spiro atoms. The van der Waals surface area contributed by atoms with Gasteiger partial charge in [-0.2, -0.15) is 0 Å². The summed E-state index contributed by atoms with van der Waals surface area (Å²) in [6.07, 6.45) is 3.02. The Kier molecular flexibility index (Phi) is 4.36. The number of fused-ring (bicyclic) bond motifs is 2. The van der Waals surface area contributed by atoms with E-state index in [1.807, 2.05) is 6.92 Å². The van der Waals surface area contributed by atoms with Crippen LogP contribution in [0.15, 0.2) is 54.6 Å². The van der Waals surface area contributed by atoms with Crippen molar-refractivity contribution in [3.63, 3.8) is 0 Å². The molecule has 4 aliphatic rings. The standard InChI is InChI=1S/C26H31NO2/c1-4-29-24(28)20-15-26(3)23-14-19-12-8-9-13-21(19)25(26,2)16-22(20)27(23)17-18-10-6-5-7-11-18/h5-13,20,22-23H,4,14-17H2,1-3H3. The minimum absolute atomic E-state index is 0.00357. The van der Waals surface area contributed by atoms with Crippen molar-refractivity contribution in [2.75, 3.05) is 6.61 Å². The van der Waals surface area contributed by atoms with Crippen LogP contribution in [0.5, 0.6) is 0 Å². The summed E-state index contributed by atoms with van der Waals surface area (Å²) < 4.78 is 5.54. The largest absolute Gasteiger partial charge is 0.466 e. The third-order valence-corrected chi connectivity index (χ3v) is 8.37. The Morgan fingerprint density at radius 3 is 2.55 bits per heavy atom. The number of hydrogen-bond donors (Lipinski definition) is 0. The topological polar surface area (TPSA) is 29.5 Å². The van der Waals surface area contributed by atoms with E-state index >= 15 is 0 Å². The normalized spacial score (nSPS) is 35.2. The van der Waals surface area contributed by atoms with Gasteiger partial charge in [0.2, 0.25) is 0 Å². The average molecular weight is 390 g/mol. The Hall–Kier alpha value is -2.13. The second-order valence-corrected chi connectivity index (χ2v) is 9.62. The first-order valence-corrected chi connectivity index (χ1v) is 11.0. The molecule has 2 aromatic carbocycles. The highest BCUT2D eigenvalue weighted by atomic mass is 16.5. The summed E-state index contributed by atoms with van der Waals surface area (Å²) in [5, 5.41) is 0. The molecule has 3 nitrogen and oxygen atoms in total. The molecule has 4 bridgehead atoms. The van der Waals surface area contributed by atoms with Crippen LogP contribution in [0.25, 0.3) is 0 Å². The van der Waals surface area contributed by atoms with Crippen molar-refractivity contribution < 1.29 is 9.53 Å². The molecular weight excluding hydrogens is 358 g/mol. The number of carbonyl (C=O) groups is 1. The van der Waals surface area contributed by atoms with E-state index < -0.39 is 0 Å². The van der Waals surface area contributed by atoms with Crippen molar-refractivity contribution in [1.82, 2.24) is 4.90 Å². The summed E-state index contributed by atoms with van der Waals surface area (Å²) in [5.74, 6) is -0.0330. The van der Waals surface area contributed by atoms with Crippen LogP contribution in [-0.4, -0.2) is 29.6 Å². The summed E-state index contributed by atoms with van der Waals surface area (Å²) in [7, 11) is 0. The molecule has 3 fully saturated rings. The number of esters is 1. The Morgan fingerprint density at radius 1 is 1.07 bits per heavy atom. The zero-order valence-electron chi connectivity index (χ0n) is 17.7. The van der Waals surface area contributed by atoms with Gasteiger partial charge in [-0.1, -0.05) is 68.4 Å². The van der Waals surface area contributed by atoms with Crippen molar-refractivity contribution in [1.29, 1.82) is 0 Å². The Labute approximate surface area is 174 Å². The van der Waals surface area contributed by atoms with E-state index in [0.29, 0.717) is 12.6 Å². The molecule has 0 amide bonds. The van der Waals surface area contributed by atoms with Crippen molar-refractivity contribution in [2.24, 2.45) is 11.3 Å². The molecule has 0 radical (unpaired) electrons. The van der Waals surface area contributed by atoms with Crippen LogP contribution in [0.1, 0.15) is 50.3 Å². The van der Waals surface area contributed by atoms with Gasteiger partial charge in [0.1, 0.15) is 0 Å². The van der Waals surface area contributed by atoms with E-state index in [4.69, 9.17) is 4.74 Å². The summed E-state index contributed by atoms with van der Waals surface area (Å²) in [4.78, 5) is 15.6. The molecule has 2 saturated heterocycles. The second kappa shape index (κ2) is 6.70. The van der Waals surface area contributed by atoms with Gasteiger partial charge in [0.05, 0.1) is 12.5 Å². The van der Waals surface area contributed by atoms with E-state index in [9.17, 15) is 4.79 Å². The highest BCUT2D eigenvalue weighted by Crippen LogP contribution is 2.65. The molecule has 5 atom stereocenters. The molecule has 2 aliphatic heterocycles. The van der Waals surface area contributed by atoms with Crippen molar-refractivity contribution >= 4 is 5.97 Å². The van der Waals surface area contributed by atoms with Crippen LogP contribution in [0, 0.1) is 11.3 Å². The summed E-state index contributed by atoms with van der Waals surface area (Å²) in [5.41, 5.74) is 4.48. The maximum absolute atomic E-state index is 12.9. The van der Waals surface area contributed by atoms with Crippen LogP contribution in [0.2, 0.25) is 0 Å². The van der Waals surface area contributed by atoms with Crippen molar-refractivity contribution in [2.45, 2.75) is 64.1 Å². The second-order valence-electron chi connectivity index (χ2n) is 9.62. The maximum atomic E-state index is 12.9. The van der Waals surface area contributed by atoms with Gasteiger partial charge in [-0.3, -0.25) is 9.69 Å². The molecule has 2 heterocycles. The fourth-order valence-corrected chi connectivity index (χ4v) is 6.78. The van der Waals surface area contributed by atoms with E-state index in [1.54, 1.807) is 0 Å². The maximum Gasteiger partial charge on any atom is 0.310 e. The minimum atomic E-state index is -0.0294. The van der Waals surface area contributed by atoms with Gasteiger partial charge in [0, 0.05) is 24.0 Å². The first-order chi connectivity index (χ1) is 14.0. The lowest BCUT2D eigenvalue weighted by atomic mass is 9.42. The van der Waals surface area contributed by atoms with Gasteiger partial charge in [-0.05, 0) is 48.3 Å². The minimum Gasteiger partial charge on any atom is -0.466 e. The van der Waals surface area contributed by atoms with E-state index in [0.717, 1.165) is 25.8 Å². The van der Waals surface area contributed by atoms with Crippen LogP contribution in [0.3, 0.4) is 0 Å². The molecule has 5 unspecified atom stereocenters. The van der Waals surface area contributed by atoms with Gasteiger partial charge in [-0.25, -0.2) is 0 Å². The first kappa shape index (κ1) is 18.9. The molecule has 152 valence electrons. The molecule has 1 saturated carbocycles. The zero-order chi connectivity index (χ0) is 20.2. The van der Waals surface area contributed by atoms with E-state index in [1.165, 1.54) is 16.7 Å². The molecule has 29 heavy (non-hydrogen) atoms. The van der Waals surface area contributed by atoms with Crippen LogP contribution >= 0.6 is 0 Å². The number of rotatable bonds is 4. The number of hydrogen-bond acceptors (Lipinski definition) is 3. The lowest BCUT2D eigenvalue weighted by molar-refractivity contribution is -0.187. The van der Waals surface area contributed by atoms with Crippen molar-refractivity contribution in [3.8, 4) is 0 Å². The molecule has 6 rings (SSSR count). The van der Waals surface area contributed by atoms with Gasteiger partial charge in [-0.15, -0.1) is 0 Å². The molecule has 0 N–H and O–H groups in total. The summed E-state index contributed by atoms with van der Waals surface area (Å²) >= 11 is 0. The Bertz CT molecular complexity index is 925. The first-order valence-electron chi connectivity index (χ1n) is 11.0. The van der Waals surface area contributed by atoms with Crippen LogP contribution < -0.4 is 0 Å². The fourth-order valence-electron chi connectivity index (χ4n) is 6.78. The molecule has 2 aromatic rings. The predicted octanol–water partition coefficient (Wildman–Crippen LogP) is 4.73. The van der Waals surface area contributed by atoms with Crippen LogP contribution in [0.4, 0.5) is 0 Å². The van der Waals surface area contributed by atoms with Crippen molar-refractivity contribution in [3.05, 3.63) is 71.3 Å². The number of benzene rings is 2. The predicted molar refractivity (Wildman–Crippen MR) is 115 cm³/mol. The molecule has 3 heteroatoms. The highest BCUT2D eigenvalue weighted by Gasteiger charge is 2.67. The molecule has 0 aromatic heterocycles. The lowest BCUT2D eigenvalue weighted by Gasteiger charge is -2.70. The zero-order valence-corrected chi connectivity index (χ0v) is 17.7. The number of piperidine rings is 2. The van der Waals surface area contributed by atoms with Gasteiger partial charge in [0.25, 0.3) is 0 Å². The Morgan fingerprint density at radius 2 is 1.79 bits per heavy atom. The SMILES string of the molecule is CCOC(=O)C1CC2(C)C3Cc4ccccc4C2(C)CC1N3Cc1ccccc1. The number of nitrogens with zero attached hydrogens (tertiary/aromatic N) is 1. The molecular formula is C26H31NO2. The van der Waals surface area contributed by atoms with Gasteiger partial charge >= 0.3 is 5.97 Å². The number of carbonyl (C=O) groups excluding carboxylic acids is 1. The quantitative estimate of drug-likeness (QED) is 0.708. The lowest BCUT2D eigenvalue weighted by Crippen LogP contribution is -2.74. The van der Waals surface area contributed by atoms with Crippen LogP contribution in [-0.2, 0) is 27.9 Å². The number of ether oxygens (including phenoxy) is 1. The highest BCUT2D eigenvalue weighted by molar-refractivity contribution is 5.74. The summed E-state index contributed by atoms with van der Waals surface area (Å²) in [6, 6.07) is 20.4. The third kappa shape index (κ3) is 2.63. The van der Waals surface area contributed by atoms with Gasteiger partial charge in [0.15, 0.2) is 0 Å². The molecule has 2 aliphatic carbocycles. The van der Waals surface area contributed by atoms with E-state index in [2.05, 4.69) is 73.3 Å². The Balaban J connectivity index is 1.60. The van der Waals surface area contributed by atoms with Gasteiger partial charge < -0.3 is 4.74 Å². The fraction of sp³-hybridized carbons (Fsp3) is 0.500.